The van der Waals surface area contributed by atoms with E-state index in [9.17, 15) is 14.4 Å². The number of ether oxygens (including phenoxy) is 2. The predicted octanol–water partition coefficient (Wildman–Crippen LogP) is 0.440. The Balaban J connectivity index is 1.44. The summed E-state index contributed by atoms with van der Waals surface area (Å²) in [6, 6.07) is 0.0129. The Kier molecular flexibility index (Phi) is 5.65. The molecule has 0 atom stereocenters. The van der Waals surface area contributed by atoms with Gasteiger partial charge in [0.05, 0.1) is 7.11 Å². The van der Waals surface area contributed by atoms with Crippen LogP contribution < -0.4 is 14.8 Å². The SMILES string of the molecule is COc1nccnc1OC1CCC(NC(=O)CN2C(=O)CCC2=O)CC1. The first-order valence-corrected chi connectivity index (χ1v) is 8.71. The Morgan fingerprint density at radius 2 is 1.73 bits per heavy atom. The minimum atomic E-state index is -0.298. The summed E-state index contributed by atoms with van der Waals surface area (Å²) in [6.45, 7) is -0.190. The summed E-state index contributed by atoms with van der Waals surface area (Å²) >= 11 is 0. The summed E-state index contributed by atoms with van der Waals surface area (Å²) in [5.74, 6) is -0.134. The number of likely N-dealkylation sites (tertiary alicyclic amines) is 1. The van der Waals surface area contributed by atoms with Crippen LogP contribution in [0, 0.1) is 0 Å². The van der Waals surface area contributed by atoms with Crippen molar-refractivity contribution in [2.45, 2.75) is 50.7 Å². The summed E-state index contributed by atoms with van der Waals surface area (Å²) < 4.78 is 11.0. The average Bonchev–Trinajstić information content (AvgIpc) is 2.96. The molecule has 0 aromatic carbocycles. The summed E-state index contributed by atoms with van der Waals surface area (Å²) in [5, 5.41) is 2.90. The van der Waals surface area contributed by atoms with Crippen molar-refractivity contribution in [2.75, 3.05) is 13.7 Å². The van der Waals surface area contributed by atoms with Crippen LogP contribution in [-0.2, 0) is 14.4 Å². The van der Waals surface area contributed by atoms with Gasteiger partial charge in [-0.1, -0.05) is 0 Å². The molecule has 0 bridgehead atoms. The Hall–Kier alpha value is -2.71. The minimum absolute atomic E-state index is 0.0129. The van der Waals surface area contributed by atoms with Gasteiger partial charge in [-0.15, -0.1) is 0 Å². The van der Waals surface area contributed by atoms with E-state index in [0.29, 0.717) is 11.8 Å². The zero-order valence-electron chi connectivity index (χ0n) is 14.6. The summed E-state index contributed by atoms with van der Waals surface area (Å²) in [5.41, 5.74) is 0. The number of aromatic nitrogens is 2. The van der Waals surface area contributed by atoms with Crippen molar-refractivity contribution in [2.24, 2.45) is 0 Å². The number of hydrogen-bond donors (Lipinski definition) is 1. The van der Waals surface area contributed by atoms with Crippen LogP contribution in [0.5, 0.6) is 11.8 Å². The molecule has 1 aliphatic heterocycles. The quantitative estimate of drug-likeness (QED) is 0.731. The highest BCUT2D eigenvalue weighted by atomic mass is 16.5. The first-order valence-electron chi connectivity index (χ1n) is 8.71. The summed E-state index contributed by atoms with van der Waals surface area (Å²) in [4.78, 5) is 44.4. The fourth-order valence-corrected chi connectivity index (χ4v) is 3.23. The molecule has 1 N–H and O–H groups in total. The van der Waals surface area contributed by atoms with Crippen molar-refractivity contribution in [3.63, 3.8) is 0 Å². The fourth-order valence-electron chi connectivity index (χ4n) is 3.23. The Morgan fingerprint density at radius 3 is 2.35 bits per heavy atom. The molecule has 26 heavy (non-hydrogen) atoms. The third kappa shape index (κ3) is 4.27. The van der Waals surface area contributed by atoms with Crippen LogP contribution in [0.1, 0.15) is 38.5 Å². The maximum atomic E-state index is 12.1. The van der Waals surface area contributed by atoms with E-state index in [1.54, 1.807) is 6.20 Å². The number of nitrogens with one attached hydrogen (secondary N) is 1. The van der Waals surface area contributed by atoms with Gasteiger partial charge in [-0.05, 0) is 25.7 Å². The molecular formula is C17H22N4O5. The highest BCUT2D eigenvalue weighted by molar-refractivity contribution is 6.04. The molecule has 2 fully saturated rings. The molecule has 9 heteroatoms. The van der Waals surface area contributed by atoms with Gasteiger partial charge in [-0.2, -0.15) is 0 Å². The van der Waals surface area contributed by atoms with E-state index in [2.05, 4.69) is 15.3 Å². The van der Waals surface area contributed by atoms with Crippen LogP contribution in [0.15, 0.2) is 12.4 Å². The lowest BCUT2D eigenvalue weighted by Crippen LogP contribution is -2.45. The van der Waals surface area contributed by atoms with E-state index in [0.717, 1.165) is 30.6 Å². The monoisotopic (exact) mass is 362 g/mol. The van der Waals surface area contributed by atoms with Gasteiger partial charge < -0.3 is 14.8 Å². The fraction of sp³-hybridized carbons (Fsp3) is 0.588. The van der Waals surface area contributed by atoms with E-state index >= 15 is 0 Å². The number of rotatable bonds is 6. The predicted molar refractivity (Wildman–Crippen MR) is 89.4 cm³/mol. The van der Waals surface area contributed by atoms with Crippen molar-refractivity contribution in [1.82, 2.24) is 20.2 Å². The molecule has 1 aromatic heterocycles. The van der Waals surface area contributed by atoms with Crippen LogP contribution in [0.2, 0.25) is 0 Å². The second kappa shape index (κ2) is 8.11. The van der Waals surface area contributed by atoms with Crippen LogP contribution in [0.4, 0.5) is 0 Å². The van der Waals surface area contributed by atoms with E-state index in [4.69, 9.17) is 9.47 Å². The van der Waals surface area contributed by atoms with Gasteiger partial charge in [0.15, 0.2) is 0 Å². The van der Waals surface area contributed by atoms with Gasteiger partial charge >= 0.3 is 0 Å². The zero-order valence-corrected chi connectivity index (χ0v) is 14.6. The molecule has 140 valence electrons. The van der Waals surface area contributed by atoms with Crippen molar-refractivity contribution >= 4 is 17.7 Å². The number of methoxy groups -OCH3 is 1. The number of hydrogen-bond acceptors (Lipinski definition) is 7. The van der Waals surface area contributed by atoms with Crippen LogP contribution >= 0.6 is 0 Å². The Labute approximate surface area is 151 Å². The molecule has 1 saturated heterocycles. The zero-order chi connectivity index (χ0) is 18.5. The number of imide groups is 1. The third-order valence-electron chi connectivity index (χ3n) is 4.60. The first kappa shape index (κ1) is 18.1. The second-order valence-electron chi connectivity index (χ2n) is 6.40. The van der Waals surface area contributed by atoms with Gasteiger partial charge in [0.25, 0.3) is 11.8 Å². The number of carbonyl (C=O) groups is 3. The van der Waals surface area contributed by atoms with E-state index in [-0.39, 0.29) is 49.3 Å². The number of nitrogens with zero attached hydrogens (tertiary/aromatic N) is 3. The van der Waals surface area contributed by atoms with Crippen molar-refractivity contribution in [3.8, 4) is 11.8 Å². The first-order chi connectivity index (χ1) is 12.6. The molecular weight excluding hydrogens is 340 g/mol. The van der Waals surface area contributed by atoms with E-state index < -0.39 is 0 Å². The summed E-state index contributed by atoms with van der Waals surface area (Å²) in [6.07, 6.45) is 6.47. The van der Waals surface area contributed by atoms with Crippen LogP contribution in [0.3, 0.4) is 0 Å². The molecule has 0 radical (unpaired) electrons. The van der Waals surface area contributed by atoms with Gasteiger partial charge in [-0.3, -0.25) is 19.3 Å². The molecule has 1 aliphatic carbocycles. The minimum Gasteiger partial charge on any atom is -0.477 e. The highest BCUT2D eigenvalue weighted by Crippen LogP contribution is 2.27. The lowest BCUT2D eigenvalue weighted by Gasteiger charge is -2.29. The maximum absolute atomic E-state index is 12.1. The normalized spacial score (nSPS) is 23.0. The molecule has 2 heterocycles. The van der Waals surface area contributed by atoms with Crippen LogP contribution in [-0.4, -0.2) is 58.4 Å². The van der Waals surface area contributed by atoms with E-state index in [1.807, 2.05) is 0 Å². The standard InChI is InChI=1S/C17H22N4O5/c1-25-16-17(19-9-8-18-16)26-12-4-2-11(3-5-12)20-13(22)10-21-14(23)6-7-15(21)24/h8-9,11-12H,2-7,10H2,1H3,(H,20,22). The molecule has 3 amide bonds. The summed E-state index contributed by atoms with van der Waals surface area (Å²) in [7, 11) is 1.51. The van der Waals surface area contributed by atoms with Gasteiger partial charge in [-0.25, -0.2) is 9.97 Å². The largest absolute Gasteiger partial charge is 0.477 e. The van der Waals surface area contributed by atoms with E-state index in [1.165, 1.54) is 13.3 Å². The molecule has 3 rings (SSSR count). The molecule has 1 aromatic rings. The molecule has 9 nitrogen and oxygen atoms in total. The lowest BCUT2D eigenvalue weighted by molar-refractivity contribution is -0.142. The molecule has 0 spiro atoms. The topological polar surface area (TPSA) is 111 Å². The van der Waals surface area contributed by atoms with Crippen molar-refractivity contribution < 1.29 is 23.9 Å². The average molecular weight is 362 g/mol. The van der Waals surface area contributed by atoms with Crippen molar-refractivity contribution in [1.29, 1.82) is 0 Å². The maximum Gasteiger partial charge on any atom is 0.278 e. The van der Waals surface area contributed by atoms with Gasteiger partial charge in [0, 0.05) is 31.3 Å². The molecule has 1 saturated carbocycles. The third-order valence-corrected chi connectivity index (χ3v) is 4.60. The number of amides is 3. The molecule has 0 unspecified atom stereocenters. The lowest BCUT2D eigenvalue weighted by atomic mass is 9.93. The van der Waals surface area contributed by atoms with Gasteiger partial charge in [0.2, 0.25) is 17.7 Å². The second-order valence-corrected chi connectivity index (χ2v) is 6.40. The van der Waals surface area contributed by atoms with Crippen LogP contribution in [0.25, 0.3) is 0 Å². The number of carbonyl (C=O) groups excluding carboxylic acids is 3. The van der Waals surface area contributed by atoms with Crippen molar-refractivity contribution in [3.05, 3.63) is 12.4 Å². The Bertz CT molecular complexity index is 671. The Morgan fingerprint density at radius 1 is 1.12 bits per heavy atom. The highest BCUT2D eigenvalue weighted by Gasteiger charge is 2.31. The molecule has 2 aliphatic rings. The van der Waals surface area contributed by atoms with Gasteiger partial charge in [0.1, 0.15) is 12.6 Å². The smallest absolute Gasteiger partial charge is 0.278 e.